The highest BCUT2D eigenvalue weighted by molar-refractivity contribution is 7.90. The van der Waals surface area contributed by atoms with E-state index in [1.165, 1.54) is 10.9 Å². The van der Waals surface area contributed by atoms with Crippen LogP contribution in [0.3, 0.4) is 0 Å². The van der Waals surface area contributed by atoms with Crippen LogP contribution in [0, 0.1) is 0 Å². The molecule has 0 aromatic carbocycles. The summed E-state index contributed by atoms with van der Waals surface area (Å²) in [6, 6.07) is 0. The fourth-order valence-corrected chi connectivity index (χ4v) is 1.84. The van der Waals surface area contributed by atoms with Crippen LogP contribution >= 0.6 is 0 Å². The molecule has 1 aromatic heterocycles. The lowest BCUT2D eigenvalue weighted by atomic mass is 10.4. The molecule has 1 heterocycles. The van der Waals surface area contributed by atoms with Crippen molar-refractivity contribution in [3.8, 4) is 0 Å². The second kappa shape index (κ2) is 3.37. The third-order valence-corrected chi connectivity index (χ3v) is 3.51. The van der Waals surface area contributed by atoms with E-state index in [2.05, 4.69) is 5.10 Å². The van der Waals surface area contributed by atoms with Crippen molar-refractivity contribution in [3.63, 3.8) is 0 Å². The van der Waals surface area contributed by atoms with E-state index in [9.17, 15) is 8.42 Å². The molecular formula is C7H13N3O2S. The van der Waals surface area contributed by atoms with E-state index in [4.69, 9.17) is 5.73 Å². The summed E-state index contributed by atoms with van der Waals surface area (Å²) in [5.74, 6) is 0.516. The highest BCUT2D eigenvalue weighted by Gasteiger charge is 2.13. The Bertz CT molecular complexity index is 394. The Morgan fingerprint density at radius 3 is 2.62 bits per heavy atom. The minimum absolute atomic E-state index is 0.0246. The molecule has 0 aliphatic rings. The van der Waals surface area contributed by atoms with E-state index in [-0.39, 0.29) is 11.5 Å². The maximum atomic E-state index is 11.2. The van der Waals surface area contributed by atoms with E-state index in [1.54, 1.807) is 14.0 Å². The molecule has 0 aliphatic carbocycles. The van der Waals surface area contributed by atoms with Crippen molar-refractivity contribution in [1.29, 1.82) is 0 Å². The van der Waals surface area contributed by atoms with Crippen LogP contribution in [-0.2, 0) is 22.6 Å². The zero-order valence-electron chi connectivity index (χ0n) is 7.69. The zero-order chi connectivity index (χ0) is 10.1. The minimum Gasteiger partial charge on any atom is -0.384 e. The van der Waals surface area contributed by atoms with Crippen LogP contribution < -0.4 is 5.73 Å². The molecule has 13 heavy (non-hydrogen) atoms. The summed E-state index contributed by atoms with van der Waals surface area (Å²) in [5.41, 5.74) is 6.17. The first-order valence-corrected chi connectivity index (χ1v) is 5.75. The molecule has 0 amide bonds. The first-order chi connectivity index (χ1) is 5.96. The van der Waals surface area contributed by atoms with E-state index >= 15 is 0 Å². The number of aryl methyl sites for hydroxylation is 1. The molecule has 0 aliphatic heterocycles. The molecule has 1 rings (SSSR count). The van der Waals surface area contributed by atoms with Crippen LogP contribution in [0.1, 0.15) is 12.5 Å². The minimum atomic E-state index is -3.02. The number of hydrogen-bond acceptors (Lipinski definition) is 4. The molecule has 0 saturated carbocycles. The van der Waals surface area contributed by atoms with Crippen molar-refractivity contribution >= 4 is 15.7 Å². The maximum Gasteiger partial charge on any atom is 0.154 e. The van der Waals surface area contributed by atoms with Crippen LogP contribution in [-0.4, -0.2) is 24.0 Å². The van der Waals surface area contributed by atoms with E-state index in [0.717, 1.165) is 0 Å². The van der Waals surface area contributed by atoms with Crippen molar-refractivity contribution in [3.05, 3.63) is 11.8 Å². The second-order valence-corrected chi connectivity index (χ2v) is 5.21. The van der Waals surface area contributed by atoms with Gasteiger partial charge in [-0.05, 0) is 0 Å². The maximum absolute atomic E-state index is 11.2. The summed E-state index contributed by atoms with van der Waals surface area (Å²) in [5, 5.41) is 3.86. The number of aromatic nitrogens is 2. The number of anilines is 1. The Kier molecular flexibility index (Phi) is 2.60. The SMILES string of the molecule is CCS(=O)(=O)Cc1cnn(C)c1N. The van der Waals surface area contributed by atoms with Gasteiger partial charge in [0.15, 0.2) is 9.84 Å². The van der Waals surface area contributed by atoms with Gasteiger partial charge in [0.1, 0.15) is 5.82 Å². The van der Waals surface area contributed by atoms with Gasteiger partial charge in [-0.3, -0.25) is 4.68 Å². The van der Waals surface area contributed by atoms with E-state index in [0.29, 0.717) is 11.4 Å². The molecule has 0 bridgehead atoms. The van der Waals surface area contributed by atoms with Gasteiger partial charge in [0.25, 0.3) is 0 Å². The normalized spacial score (nSPS) is 11.8. The van der Waals surface area contributed by atoms with Crippen molar-refractivity contribution in [2.75, 3.05) is 11.5 Å². The Balaban J connectivity index is 2.93. The molecule has 0 fully saturated rings. The Hall–Kier alpha value is -1.04. The molecule has 5 nitrogen and oxygen atoms in total. The second-order valence-electron chi connectivity index (χ2n) is 2.86. The van der Waals surface area contributed by atoms with Crippen molar-refractivity contribution in [1.82, 2.24) is 9.78 Å². The summed E-state index contributed by atoms with van der Waals surface area (Å²) in [7, 11) is -1.34. The molecule has 1 aromatic rings. The summed E-state index contributed by atoms with van der Waals surface area (Å²) >= 11 is 0. The lowest BCUT2D eigenvalue weighted by Gasteiger charge is -2.00. The lowest BCUT2D eigenvalue weighted by molar-refractivity contribution is 0.596. The predicted octanol–water partition coefficient (Wildman–Crippen LogP) is -0.0630. The number of rotatable bonds is 3. The average Bonchev–Trinajstić information content (AvgIpc) is 2.36. The monoisotopic (exact) mass is 203 g/mol. The van der Waals surface area contributed by atoms with Crippen LogP contribution in [0.25, 0.3) is 0 Å². The Morgan fingerprint density at radius 1 is 1.62 bits per heavy atom. The molecule has 74 valence electrons. The van der Waals surface area contributed by atoms with Gasteiger partial charge in [-0.1, -0.05) is 6.92 Å². The van der Waals surface area contributed by atoms with Crippen LogP contribution in [0.4, 0.5) is 5.82 Å². The van der Waals surface area contributed by atoms with Crippen LogP contribution in [0.15, 0.2) is 6.20 Å². The Labute approximate surface area is 77.5 Å². The quantitative estimate of drug-likeness (QED) is 0.746. The van der Waals surface area contributed by atoms with Gasteiger partial charge in [0.2, 0.25) is 0 Å². The summed E-state index contributed by atoms with van der Waals surface area (Å²) < 4.78 is 23.9. The average molecular weight is 203 g/mol. The topological polar surface area (TPSA) is 78.0 Å². The zero-order valence-corrected chi connectivity index (χ0v) is 8.50. The fourth-order valence-electron chi connectivity index (χ4n) is 0.943. The van der Waals surface area contributed by atoms with Crippen LogP contribution in [0.2, 0.25) is 0 Å². The van der Waals surface area contributed by atoms with Gasteiger partial charge < -0.3 is 5.73 Å². The van der Waals surface area contributed by atoms with Crippen LogP contribution in [0.5, 0.6) is 0 Å². The number of sulfone groups is 1. The van der Waals surface area contributed by atoms with Crippen molar-refractivity contribution in [2.24, 2.45) is 7.05 Å². The first kappa shape index (κ1) is 10.0. The number of nitrogens with zero attached hydrogens (tertiary/aromatic N) is 2. The van der Waals surface area contributed by atoms with Gasteiger partial charge in [0, 0.05) is 18.4 Å². The number of nitrogens with two attached hydrogens (primary N) is 1. The van der Waals surface area contributed by atoms with Gasteiger partial charge >= 0.3 is 0 Å². The number of hydrogen-bond donors (Lipinski definition) is 1. The summed E-state index contributed by atoms with van der Waals surface area (Å²) in [6.45, 7) is 1.61. The molecule has 2 N–H and O–H groups in total. The molecule has 0 unspecified atom stereocenters. The molecular weight excluding hydrogens is 190 g/mol. The summed E-state index contributed by atoms with van der Waals surface area (Å²) in [6.07, 6.45) is 1.49. The van der Waals surface area contributed by atoms with E-state index in [1.807, 2.05) is 0 Å². The van der Waals surface area contributed by atoms with Crippen molar-refractivity contribution in [2.45, 2.75) is 12.7 Å². The van der Waals surface area contributed by atoms with E-state index < -0.39 is 9.84 Å². The summed E-state index contributed by atoms with van der Waals surface area (Å²) in [4.78, 5) is 0. The fraction of sp³-hybridized carbons (Fsp3) is 0.571. The lowest BCUT2D eigenvalue weighted by Crippen LogP contribution is -2.08. The van der Waals surface area contributed by atoms with Crippen molar-refractivity contribution < 1.29 is 8.42 Å². The molecule has 0 spiro atoms. The largest absolute Gasteiger partial charge is 0.384 e. The van der Waals surface area contributed by atoms with Gasteiger partial charge in [-0.25, -0.2) is 8.42 Å². The molecule has 0 radical (unpaired) electrons. The van der Waals surface area contributed by atoms with Gasteiger partial charge in [-0.15, -0.1) is 0 Å². The van der Waals surface area contributed by atoms with Gasteiger partial charge in [0.05, 0.1) is 11.9 Å². The first-order valence-electron chi connectivity index (χ1n) is 3.93. The predicted molar refractivity (Wildman–Crippen MR) is 50.8 cm³/mol. The Morgan fingerprint density at radius 2 is 2.23 bits per heavy atom. The third-order valence-electron chi connectivity index (χ3n) is 1.88. The highest BCUT2D eigenvalue weighted by atomic mass is 32.2. The molecule has 0 saturated heterocycles. The molecule has 6 heteroatoms. The highest BCUT2D eigenvalue weighted by Crippen LogP contribution is 2.13. The third kappa shape index (κ3) is 2.21. The van der Waals surface area contributed by atoms with Gasteiger partial charge in [-0.2, -0.15) is 5.10 Å². The number of nitrogen functional groups attached to an aromatic ring is 1. The smallest absolute Gasteiger partial charge is 0.154 e. The molecule has 0 atom stereocenters. The standard InChI is InChI=1S/C7H13N3O2S/c1-3-13(11,12)5-6-4-9-10(2)7(6)8/h4H,3,5,8H2,1-2H3.